The van der Waals surface area contributed by atoms with E-state index in [1.54, 1.807) is 14.2 Å². The van der Waals surface area contributed by atoms with Gasteiger partial charge in [-0.1, -0.05) is 35.9 Å². The fourth-order valence-corrected chi connectivity index (χ4v) is 3.62. The first kappa shape index (κ1) is 18.3. The maximum absolute atomic E-state index is 12.8. The van der Waals surface area contributed by atoms with Crippen molar-refractivity contribution in [3.05, 3.63) is 59.2 Å². The van der Waals surface area contributed by atoms with E-state index >= 15 is 0 Å². The summed E-state index contributed by atoms with van der Waals surface area (Å²) < 4.78 is 10.7. The second kappa shape index (κ2) is 8.26. The first-order valence-corrected chi connectivity index (χ1v) is 9.19. The zero-order valence-corrected chi connectivity index (χ0v) is 15.8. The molecule has 26 heavy (non-hydrogen) atoms. The van der Waals surface area contributed by atoms with Gasteiger partial charge in [0.05, 0.1) is 20.3 Å². The van der Waals surface area contributed by atoms with Gasteiger partial charge in [-0.3, -0.25) is 4.79 Å². The average molecular weight is 353 g/mol. The lowest BCUT2D eigenvalue weighted by Crippen LogP contribution is -2.30. The monoisotopic (exact) mass is 353 g/mol. The predicted octanol–water partition coefficient (Wildman–Crippen LogP) is 4.31. The third-order valence-corrected chi connectivity index (χ3v) is 5.11. The average Bonchev–Trinajstić information content (AvgIpc) is 3.16. The Morgan fingerprint density at radius 3 is 2.50 bits per heavy atom. The molecule has 0 spiro atoms. The van der Waals surface area contributed by atoms with Crippen molar-refractivity contribution in [2.75, 3.05) is 20.8 Å². The summed E-state index contributed by atoms with van der Waals surface area (Å²) >= 11 is 0. The zero-order chi connectivity index (χ0) is 18.5. The van der Waals surface area contributed by atoms with Crippen LogP contribution in [0.3, 0.4) is 0 Å². The molecule has 1 fully saturated rings. The minimum atomic E-state index is 0.125. The van der Waals surface area contributed by atoms with Crippen molar-refractivity contribution in [2.24, 2.45) is 0 Å². The standard InChI is InChI=1S/C22H27NO3/c1-16-6-8-17(9-7-16)10-13-22(24)23-14-4-5-19(23)18-11-12-20(25-2)21(15-18)26-3/h6-9,11-12,15,19H,4-5,10,13-14H2,1-3H3. The summed E-state index contributed by atoms with van der Waals surface area (Å²) in [7, 11) is 3.27. The molecule has 2 aromatic rings. The van der Waals surface area contributed by atoms with Crippen molar-refractivity contribution in [1.29, 1.82) is 0 Å². The molecular weight excluding hydrogens is 326 g/mol. The fraction of sp³-hybridized carbons (Fsp3) is 0.409. The van der Waals surface area contributed by atoms with Crippen LogP contribution in [-0.2, 0) is 11.2 Å². The van der Waals surface area contributed by atoms with Gasteiger partial charge in [-0.05, 0) is 49.4 Å². The lowest BCUT2D eigenvalue weighted by molar-refractivity contribution is -0.132. The SMILES string of the molecule is COc1ccc(C2CCCN2C(=O)CCc2ccc(C)cc2)cc1OC. The Morgan fingerprint density at radius 2 is 1.81 bits per heavy atom. The summed E-state index contributed by atoms with van der Waals surface area (Å²) in [5, 5.41) is 0. The van der Waals surface area contributed by atoms with Crippen LogP contribution in [0, 0.1) is 6.92 Å². The molecule has 0 saturated carbocycles. The summed E-state index contributed by atoms with van der Waals surface area (Å²) in [4.78, 5) is 14.8. The first-order chi connectivity index (χ1) is 12.6. The van der Waals surface area contributed by atoms with Crippen LogP contribution in [-0.4, -0.2) is 31.6 Å². The molecule has 3 rings (SSSR count). The number of rotatable bonds is 6. The van der Waals surface area contributed by atoms with E-state index in [0.717, 1.165) is 31.4 Å². The van der Waals surface area contributed by atoms with Crippen LogP contribution in [0.2, 0.25) is 0 Å². The molecule has 1 saturated heterocycles. The molecule has 0 N–H and O–H groups in total. The van der Waals surface area contributed by atoms with Gasteiger partial charge < -0.3 is 14.4 Å². The van der Waals surface area contributed by atoms with E-state index in [1.165, 1.54) is 11.1 Å². The van der Waals surface area contributed by atoms with E-state index < -0.39 is 0 Å². The Labute approximate surface area is 155 Å². The van der Waals surface area contributed by atoms with Crippen molar-refractivity contribution in [2.45, 2.75) is 38.6 Å². The Balaban J connectivity index is 1.69. The van der Waals surface area contributed by atoms with Crippen LogP contribution in [0.15, 0.2) is 42.5 Å². The van der Waals surface area contributed by atoms with Crippen molar-refractivity contribution in [3.8, 4) is 11.5 Å². The predicted molar refractivity (Wildman–Crippen MR) is 103 cm³/mol. The molecule has 4 heteroatoms. The van der Waals surface area contributed by atoms with Gasteiger partial charge in [0.2, 0.25) is 5.91 Å². The lowest BCUT2D eigenvalue weighted by Gasteiger charge is -2.26. The Bertz CT molecular complexity index is 754. The van der Waals surface area contributed by atoms with E-state index in [0.29, 0.717) is 17.9 Å². The van der Waals surface area contributed by atoms with Crippen LogP contribution >= 0.6 is 0 Å². The smallest absolute Gasteiger partial charge is 0.223 e. The second-order valence-corrected chi connectivity index (χ2v) is 6.85. The van der Waals surface area contributed by atoms with Crippen LogP contribution in [0.1, 0.15) is 42.0 Å². The van der Waals surface area contributed by atoms with Gasteiger partial charge in [0.25, 0.3) is 0 Å². The molecule has 1 aliphatic rings. The molecule has 2 aromatic carbocycles. The maximum atomic E-state index is 12.8. The van der Waals surface area contributed by atoms with Crippen molar-refractivity contribution in [1.82, 2.24) is 4.90 Å². The van der Waals surface area contributed by atoms with Crippen LogP contribution < -0.4 is 9.47 Å². The Morgan fingerprint density at radius 1 is 1.08 bits per heavy atom. The summed E-state index contributed by atoms with van der Waals surface area (Å²) in [6.45, 7) is 2.90. The van der Waals surface area contributed by atoms with E-state index in [1.807, 2.05) is 23.1 Å². The van der Waals surface area contributed by atoms with Gasteiger partial charge >= 0.3 is 0 Å². The Kier molecular flexibility index (Phi) is 5.82. The number of carbonyl (C=O) groups is 1. The molecule has 1 atom stereocenters. The molecule has 0 bridgehead atoms. The summed E-state index contributed by atoms with van der Waals surface area (Å²) in [5.74, 6) is 1.65. The van der Waals surface area contributed by atoms with E-state index in [9.17, 15) is 4.79 Å². The number of amides is 1. The zero-order valence-electron chi connectivity index (χ0n) is 15.8. The van der Waals surface area contributed by atoms with Crippen molar-refractivity contribution < 1.29 is 14.3 Å². The molecule has 0 aromatic heterocycles. The van der Waals surface area contributed by atoms with Crippen molar-refractivity contribution >= 4 is 5.91 Å². The molecule has 1 heterocycles. The molecule has 1 aliphatic heterocycles. The molecule has 1 amide bonds. The third kappa shape index (κ3) is 4.01. The number of hydrogen-bond donors (Lipinski definition) is 0. The molecule has 0 aliphatic carbocycles. The lowest BCUT2D eigenvalue weighted by atomic mass is 10.0. The highest BCUT2D eigenvalue weighted by molar-refractivity contribution is 5.77. The number of methoxy groups -OCH3 is 2. The molecule has 4 nitrogen and oxygen atoms in total. The minimum Gasteiger partial charge on any atom is -0.493 e. The van der Waals surface area contributed by atoms with Gasteiger partial charge in [-0.2, -0.15) is 0 Å². The largest absolute Gasteiger partial charge is 0.493 e. The maximum Gasteiger partial charge on any atom is 0.223 e. The van der Waals surface area contributed by atoms with E-state index in [-0.39, 0.29) is 11.9 Å². The molecule has 1 unspecified atom stereocenters. The summed E-state index contributed by atoms with van der Waals surface area (Å²) in [6.07, 6.45) is 3.36. The highest BCUT2D eigenvalue weighted by Crippen LogP contribution is 2.37. The quantitative estimate of drug-likeness (QED) is 0.777. The van der Waals surface area contributed by atoms with E-state index in [4.69, 9.17) is 9.47 Å². The first-order valence-electron chi connectivity index (χ1n) is 9.19. The number of likely N-dealkylation sites (tertiary alicyclic amines) is 1. The number of hydrogen-bond acceptors (Lipinski definition) is 3. The Hall–Kier alpha value is -2.49. The highest BCUT2D eigenvalue weighted by atomic mass is 16.5. The topological polar surface area (TPSA) is 38.8 Å². The third-order valence-electron chi connectivity index (χ3n) is 5.11. The van der Waals surface area contributed by atoms with E-state index in [2.05, 4.69) is 31.2 Å². The molecular formula is C22H27NO3. The summed E-state index contributed by atoms with van der Waals surface area (Å²) in [6, 6.07) is 14.5. The molecule has 0 radical (unpaired) electrons. The molecule has 138 valence electrons. The van der Waals surface area contributed by atoms with Gasteiger partial charge in [-0.25, -0.2) is 0 Å². The highest BCUT2D eigenvalue weighted by Gasteiger charge is 2.30. The number of benzene rings is 2. The van der Waals surface area contributed by atoms with Crippen LogP contribution in [0.4, 0.5) is 0 Å². The van der Waals surface area contributed by atoms with Gasteiger partial charge in [0.15, 0.2) is 11.5 Å². The van der Waals surface area contributed by atoms with Gasteiger partial charge in [0, 0.05) is 13.0 Å². The number of aryl methyl sites for hydroxylation is 2. The van der Waals surface area contributed by atoms with Gasteiger partial charge in [0.1, 0.15) is 0 Å². The minimum absolute atomic E-state index is 0.125. The fourth-order valence-electron chi connectivity index (χ4n) is 3.62. The number of carbonyl (C=O) groups excluding carboxylic acids is 1. The second-order valence-electron chi connectivity index (χ2n) is 6.85. The van der Waals surface area contributed by atoms with Crippen molar-refractivity contribution in [3.63, 3.8) is 0 Å². The van der Waals surface area contributed by atoms with Crippen LogP contribution in [0.5, 0.6) is 11.5 Å². The number of nitrogens with zero attached hydrogens (tertiary/aromatic N) is 1. The summed E-state index contributed by atoms with van der Waals surface area (Å²) in [5.41, 5.74) is 3.57. The number of ether oxygens (including phenoxy) is 2. The normalized spacial score (nSPS) is 16.6. The van der Waals surface area contributed by atoms with Gasteiger partial charge in [-0.15, -0.1) is 0 Å². The van der Waals surface area contributed by atoms with Crippen LogP contribution in [0.25, 0.3) is 0 Å².